The lowest BCUT2D eigenvalue weighted by Gasteiger charge is -2.23. The standard InChI is InChI=1S/C17H21F3N4O2S/c1-21-16(22-8-15-23-14(10-27-15)17(18,19)20)24(2)9-11-5-6-12(25-3)7-13(11)26-4/h5-7,10H,8-9H2,1-4H3,(H,21,22). The van der Waals surface area contributed by atoms with Crippen molar-refractivity contribution in [2.24, 2.45) is 4.99 Å². The smallest absolute Gasteiger partial charge is 0.434 e. The van der Waals surface area contributed by atoms with Crippen molar-refractivity contribution in [2.75, 3.05) is 28.3 Å². The van der Waals surface area contributed by atoms with Gasteiger partial charge in [0.25, 0.3) is 0 Å². The molecule has 0 atom stereocenters. The van der Waals surface area contributed by atoms with Crippen molar-refractivity contribution in [3.05, 3.63) is 39.8 Å². The minimum Gasteiger partial charge on any atom is -0.497 e. The number of thiazole rings is 1. The maximum absolute atomic E-state index is 12.6. The minimum absolute atomic E-state index is 0.150. The maximum atomic E-state index is 12.6. The van der Waals surface area contributed by atoms with Gasteiger partial charge in [-0.05, 0) is 12.1 Å². The number of hydrogen-bond acceptors (Lipinski definition) is 5. The summed E-state index contributed by atoms with van der Waals surface area (Å²) in [6.45, 7) is 0.635. The van der Waals surface area contributed by atoms with Crippen molar-refractivity contribution in [1.82, 2.24) is 15.2 Å². The van der Waals surface area contributed by atoms with Gasteiger partial charge in [0.05, 0.1) is 20.8 Å². The van der Waals surface area contributed by atoms with Crippen molar-refractivity contribution in [1.29, 1.82) is 0 Å². The number of benzene rings is 1. The number of aliphatic imine (C=N–C) groups is 1. The molecule has 0 fully saturated rings. The average molecular weight is 402 g/mol. The molecule has 0 amide bonds. The number of aromatic nitrogens is 1. The number of guanidine groups is 1. The fraction of sp³-hybridized carbons (Fsp3) is 0.412. The van der Waals surface area contributed by atoms with Gasteiger partial charge in [0, 0.05) is 37.6 Å². The van der Waals surface area contributed by atoms with Crippen LogP contribution in [0, 0.1) is 0 Å². The summed E-state index contributed by atoms with van der Waals surface area (Å²) in [5, 5.41) is 4.36. The van der Waals surface area contributed by atoms with E-state index in [1.54, 1.807) is 27.3 Å². The van der Waals surface area contributed by atoms with Gasteiger partial charge < -0.3 is 19.7 Å². The molecule has 0 radical (unpaired) electrons. The summed E-state index contributed by atoms with van der Waals surface area (Å²) < 4.78 is 48.5. The summed E-state index contributed by atoms with van der Waals surface area (Å²) >= 11 is 0.954. The van der Waals surface area contributed by atoms with Crippen LogP contribution < -0.4 is 14.8 Å². The van der Waals surface area contributed by atoms with E-state index in [-0.39, 0.29) is 6.54 Å². The molecule has 6 nitrogen and oxygen atoms in total. The Kier molecular flexibility index (Phi) is 6.89. The topological polar surface area (TPSA) is 59.0 Å². The van der Waals surface area contributed by atoms with Crippen molar-refractivity contribution < 1.29 is 22.6 Å². The van der Waals surface area contributed by atoms with Crippen LogP contribution in [0.3, 0.4) is 0 Å². The second-order valence-electron chi connectivity index (χ2n) is 5.56. The number of nitrogens with zero attached hydrogens (tertiary/aromatic N) is 3. The molecule has 0 unspecified atom stereocenters. The zero-order valence-electron chi connectivity index (χ0n) is 15.4. The van der Waals surface area contributed by atoms with Gasteiger partial charge in [0.15, 0.2) is 11.7 Å². The Morgan fingerprint density at radius 1 is 1.30 bits per heavy atom. The van der Waals surface area contributed by atoms with E-state index in [0.29, 0.717) is 29.0 Å². The first-order chi connectivity index (χ1) is 12.8. The predicted octanol–water partition coefficient (Wildman–Crippen LogP) is 3.39. The highest BCUT2D eigenvalue weighted by Crippen LogP contribution is 2.30. The van der Waals surface area contributed by atoms with E-state index < -0.39 is 11.9 Å². The van der Waals surface area contributed by atoms with Crippen LogP contribution in [0.25, 0.3) is 0 Å². The van der Waals surface area contributed by atoms with Crippen LogP contribution in [0.2, 0.25) is 0 Å². The molecule has 0 spiro atoms. The third-order valence-corrected chi connectivity index (χ3v) is 4.56. The summed E-state index contributed by atoms with van der Waals surface area (Å²) in [7, 11) is 6.58. The maximum Gasteiger partial charge on any atom is 0.434 e. The van der Waals surface area contributed by atoms with Crippen LogP contribution >= 0.6 is 11.3 Å². The number of alkyl halides is 3. The number of rotatable bonds is 6. The highest BCUT2D eigenvalue weighted by Gasteiger charge is 2.33. The number of hydrogen-bond donors (Lipinski definition) is 1. The molecule has 148 valence electrons. The van der Waals surface area contributed by atoms with Gasteiger partial charge in [0.2, 0.25) is 0 Å². The van der Waals surface area contributed by atoms with Crippen LogP contribution in [-0.4, -0.2) is 44.2 Å². The summed E-state index contributed by atoms with van der Waals surface area (Å²) in [6, 6.07) is 5.50. The molecule has 0 saturated carbocycles. The third-order valence-electron chi connectivity index (χ3n) is 3.72. The molecule has 1 heterocycles. The van der Waals surface area contributed by atoms with E-state index in [1.165, 1.54) is 0 Å². The normalized spacial score (nSPS) is 12.0. The highest BCUT2D eigenvalue weighted by molar-refractivity contribution is 7.09. The summed E-state index contributed by atoms with van der Waals surface area (Å²) in [5.74, 6) is 1.88. The molecule has 0 saturated heterocycles. The van der Waals surface area contributed by atoms with Crippen molar-refractivity contribution in [3.63, 3.8) is 0 Å². The van der Waals surface area contributed by atoms with Gasteiger partial charge >= 0.3 is 6.18 Å². The molecule has 1 aromatic carbocycles. The molecule has 0 bridgehead atoms. The number of nitrogens with one attached hydrogen (secondary N) is 1. The molecule has 10 heteroatoms. The van der Waals surface area contributed by atoms with E-state index >= 15 is 0 Å². The SMILES string of the molecule is CN=C(NCc1nc(C(F)(F)F)cs1)N(C)Cc1ccc(OC)cc1OC. The Bertz CT molecular complexity index is 793. The molecule has 27 heavy (non-hydrogen) atoms. The van der Waals surface area contributed by atoms with Gasteiger partial charge in [-0.25, -0.2) is 4.98 Å². The Morgan fingerprint density at radius 3 is 2.59 bits per heavy atom. The molecule has 0 aliphatic rings. The van der Waals surface area contributed by atoms with Crippen LogP contribution in [0.1, 0.15) is 16.3 Å². The van der Waals surface area contributed by atoms with Gasteiger partial charge in [-0.1, -0.05) is 0 Å². The number of ether oxygens (including phenoxy) is 2. The fourth-order valence-electron chi connectivity index (χ4n) is 2.37. The lowest BCUT2D eigenvalue weighted by atomic mass is 10.2. The van der Waals surface area contributed by atoms with E-state index in [2.05, 4.69) is 15.3 Å². The highest BCUT2D eigenvalue weighted by atomic mass is 32.1. The molecule has 2 rings (SSSR count). The van der Waals surface area contributed by atoms with Gasteiger partial charge in [-0.15, -0.1) is 11.3 Å². The summed E-state index contributed by atoms with van der Waals surface area (Å²) in [5.41, 5.74) is 0.0352. The van der Waals surface area contributed by atoms with Crippen LogP contribution in [0.4, 0.5) is 13.2 Å². The summed E-state index contributed by atoms with van der Waals surface area (Å²) in [6.07, 6.45) is -4.43. The predicted molar refractivity (Wildman–Crippen MR) is 98.3 cm³/mol. The van der Waals surface area contributed by atoms with E-state index in [9.17, 15) is 13.2 Å². The third kappa shape index (κ3) is 5.49. The lowest BCUT2D eigenvalue weighted by Crippen LogP contribution is -2.38. The zero-order chi connectivity index (χ0) is 20.0. The van der Waals surface area contributed by atoms with E-state index in [1.807, 2.05) is 24.1 Å². The minimum atomic E-state index is -4.43. The second kappa shape index (κ2) is 8.94. The molecule has 0 aliphatic heterocycles. The van der Waals surface area contributed by atoms with Crippen LogP contribution in [0.5, 0.6) is 11.5 Å². The monoisotopic (exact) mass is 402 g/mol. The quantitative estimate of drug-likeness (QED) is 0.593. The lowest BCUT2D eigenvalue weighted by molar-refractivity contribution is -0.140. The Morgan fingerprint density at radius 2 is 2.04 bits per heavy atom. The van der Waals surface area contributed by atoms with Gasteiger partial charge in [-0.2, -0.15) is 13.2 Å². The Labute approximate surface area is 159 Å². The largest absolute Gasteiger partial charge is 0.497 e. The first-order valence-corrected chi connectivity index (χ1v) is 8.80. The Hall–Kier alpha value is -2.49. The fourth-order valence-corrected chi connectivity index (χ4v) is 3.12. The number of halogens is 3. The average Bonchev–Trinajstić information content (AvgIpc) is 3.12. The van der Waals surface area contributed by atoms with Crippen LogP contribution in [-0.2, 0) is 19.3 Å². The van der Waals surface area contributed by atoms with Gasteiger partial charge in [-0.3, -0.25) is 4.99 Å². The van der Waals surface area contributed by atoms with Crippen molar-refractivity contribution in [2.45, 2.75) is 19.3 Å². The molecule has 1 aromatic heterocycles. The van der Waals surface area contributed by atoms with Crippen molar-refractivity contribution >= 4 is 17.3 Å². The molecule has 2 aromatic rings. The summed E-state index contributed by atoms with van der Waals surface area (Å²) in [4.78, 5) is 9.60. The van der Waals surface area contributed by atoms with Crippen LogP contribution in [0.15, 0.2) is 28.6 Å². The molecular formula is C17H21F3N4O2S. The zero-order valence-corrected chi connectivity index (χ0v) is 16.2. The first kappa shape index (κ1) is 20.8. The molecule has 1 N–H and O–H groups in total. The van der Waals surface area contributed by atoms with Gasteiger partial charge in [0.1, 0.15) is 16.5 Å². The molecule has 0 aliphatic carbocycles. The van der Waals surface area contributed by atoms with E-state index in [0.717, 1.165) is 22.3 Å². The second-order valence-corrected chi connectivity index (χ2v) is 6.50. The molecular weight excluding hydrogens is 381 g/mol. The number of methoxy groups -OCH3 is 2. The van der Waals surface area contributed by atoms with Crippen molar-refractivity contribution in [3.8, 4) is 11.5 Å². The van der Waals surface area contributed by atoms with E-state index in [4.69, 9.17) is 9.47 Å². The Balaban J connectivity index is 2.02. The first-order valence-electron chi connectivity index (χ1n) is 7.92.